The Hall–Kier alpha value is -1.34. The van der Waals surface area contributed by atoms with Crippen molar-refractivity contribution in [2.24, 2.45) is 0 Å². The summed E-state index contributed by atoms with van der Waals surface area (Å²) >= 11 is 0. The zero-order valence-electron chi connectivity index (χ0n) is 11.1. The summed E-state index contributed by atoms with van der Waals surface area (Å²) in [6, 6.07) is -0.506. The minimum Gasteiger partial charge on any atom is -0.480 e. The highest BCUT2D eigenvalue weighted by Crippen LogP contribution is 2.16. The monoisotopic (exact) mass is 262 g/mol. The largest absolute Gasteiger partial charge is 0.480 e. The summed E-state index contributed by atoms with van der Waals surface area (Å²) in [6.45, 7) is 4.43. The maximum atomic E-state index is 12.2. The fourth-order valence-corrected chi connectivity index (χ4v) is 1.60. The molecule has 0 rings (SSSR count). The number of carbonyl (C=O) groups is 2. The van der Waals surface area contributed by atoms with Crippen LogP contribution >= 0.6 is 0 Å². The van der Waals surface area contributed by atoms with Gasteiger partial charge in [-0.2, -0.15) is 0 Å². The van der Waals surface area contributed by atoms with Gasteiger partial charge in [-0.05, 0) is 20.8 Å². The fourth-order valence-electron chi connectivity index (χ4n) is 1.60. The van der Waals surface area contributed by atoms with Crippen LogP contribution < -0.4 is 0 Å². The smallest absolute Gasteiger partial charge is 0.329 e. The number of amides is 2. The van der Waals surface area contributed by atoms with Gasteiger partial charge in [-0.1, -0.05) is 0 Å². The van der Waals surface area contributed by atoms with Crippen molar-refractivity contribution in [1.29, 1.82) is 0 Å². The third-order valence-corrected chi connectivity index (χ3v) is 2.76. The number of carboxylic acids is 1. The van der Waals surface area contributed by atoms with Crippen LogP contribution in [0.15, 0.2) is 0 Å². The second-order valence-corrected chi connectivity index (χ2v) is 4.33. The molecule has 7 nitrogen and oxygen atoms in total. The summed E-state index contributed by atoms with van der Waals surface area (Å²) in [4.78, 5) is 25.8. The molecule has 0 saturated carbocycles. The quantitative estimate of drug-likeness (QED) is 0.578. The first-order chi connectivity index (χ1) is 8.32. The molecule has 0 aromatic heterocycles. The lowest BCUT2D eigenvalue weighted by Crippen LogP contribution is -2.57. The van der Waals surface area contributed by atoms with Gasteiger partial charge < -0.3 is 25.1 Å². The predicted octanol–water partition coefficient (Wildman–Crippen LogP) is -0.422. The van der Waals surface area contributed by atoms with E-state index in [1.165, 1.54) is 23.6 Å². The molecule has 18 heavy (non-hydrogen) atoms. The van der Waals surface area contributed by atoms with Gasteiger partial charge in [-0.3, -0.25) is 0 Å². The molecule has 0 saturated heterocycles. The van der Waals surface area contributed by atoms with Crippen LogP contribution in [-0.4, -0.2) is 75.5 Å². The molecule has 0 atom stereocenters. The van der Waals surface area contributed by atoms with Gasteiger partial charge in [0.1, 0.15) is 5.54 Å². The molecule has 0 aliphatic carbocycles. The average molecular weight is 262 g/mol. The number of rotatable bonds is 7. The minimum atomic E-state index is -1.34. The number of aliphatic hydroxyl groups excluding tert-OH is 2. The van der Waals surface area contributed by atoms with E-state index in [2.05, 4.69) is 0 Å². The fraction of sp³-hybridized carbons (Fsp3) is 0.818. The van der Waals surface area contributed by atoms with Crippen LogP contribution in [0.25, 0.3) is 0 Å². The molecule has 7 heteroatoms. The molecule has 0 aromatic rings. The van der Waals surface area contributed by atoms with E-state index in [1.54, 1.807) is 6.92 Å². The Morgan fingerprint density at radius 1 is 1.11 bits per heavy atom. The van der Waals surface area contributed by atoms with Crippen molar-refractivity contribution in [1.82, 2.24) is 9.80 Å². The highest BCUT2D eigenvalue weighted by molar-refractivity contribution is 5.85. The third kappa shape index (κ3) is 3.85. The number of carboxylic acid groups (broad SMARTS) is 1. The molecule has 2 amide bonds. The van der Waals surface area contributed by atoms with Crippen LogP contribution in [-0.2, 0) is 4.79 Å². The van der Waals surface area contributed by atoms with Crippen LogP contribution in [0, 0.1) is 0 Å². The SMILES string of the molecule is CCN(C(=O)N(CCO)CCO)C(C)(C)C(=O)O. The van der Waals surface area contributed by atoms with Gasteiger partial charge in [0.05, 0.1) is 13.2 Å². The molecule has 0 aliphatic rings. The number of hydrogen-bond acceptors (Lipinski definition) is 4. The molecular formula is C11H22N2O5. The van der Waals surface area contributed by atoms with E-state index in [9.17, 15) is 9.59 Å². The second-order valence-electron chi connectivity index (χ2n) is 4.33. The Labute approximate surface area is 107 Å². The first kappa shape index (κ1) is 16.7. The number of aliphatic carboxylic acids is 1. The Morgan fingerprint density at radius 3 is 1.83 bits per heavy atom. The second kappa shape index (κ2) is 7.17. The standard InChI is InChI=1S/C11H22N2O5/c1-4-13(11(2,3)9(16)17)10(18)12(5-7-14)6-8-15/h14-15H,4-8H2,1-3H3,(H,16,17). The summed E-state index contributed by atoms with van der Waals surface area (Å²) in [5.74, 6) is -1.11. The van der Waals surface area contributed by atoms with Gasteiger partial charge in [0.2, 0.25) is 0 Å². The van der Waals surface area contributed by atoms with Gasteiger partial charge in [0, 0.05) is 19.6 Å². The van der Waals surface area contributed by atoms with Crippen molar-refractivity contribution in [3.8, 4) is 0 Å². The van der Waals surface area contributed by atoms with Gasteiger partial charge in [0.15, 0.2) is 0 Å². The number of carbonyl (C=O) groups excluding carboxylic acids is 1. The molecule has 3 N–H and O–H groups in total. The Balaban J connectivity index is 5.03. The summed E-state index contributed by atoms with van der Waals surface area (Å²) in [7, 11) is 0. The number of aliphatic hydroxyl groups is 2. The third-order valence-electron chi connectivity index (χ3n) is 2.76. The van der Waals surface area contributed by atoms with Gasteiger partial charge in [-0.25, -0.2) is 9.59 Å². The van der Waals surface area contributed by atoms with Crippen LogP contribution in [0.3, 0.4) is 0 Å². The van der Waals surface area contributed by atoms with Gasteiger partial charge in [-0.15, -0.1) is 0 Å². The lowest BCUT2D eigenvalue weighted by molar-refractivity contribution is -0.147. The van der Waals surface area contributed by atoms with Gasteiger partial charge in [0.25, 0.3) is 0 Å². The maximum Gasteiger partial charge on any atom is 0.329 e. The lowest BCUT2D eigenvalue weighted by atomic mass is 10.0. The topological polar surface area (TPSA) is 101 Å². The van der Waals surface area contributed by atoms with E-state index in [1.807, 2.05) is 0 Å². The van der Waals surface area contributed by atoms with E-state index in [4.69, 9.17) is 15.3 Å². The van der Waals surface area contributed by atoms with Crippen molar-refractivity contribution in [2.45, 2.75) is 26.3 Å². The summed E-state index contributed by atoms with van der Waals surface area (Å²) in [6.07, 6.45) is 0. The first-order valence-electron chi connectivity index (χ1n) is 5.84. The van der Waals surface area contributed by atoms with Crippen LogP contribution in [0.4, 0.5) is 4.79 Å². The number of hydrogen-bond donors (Lipinski definition) is 3. The molecule has 0 spiro atoms. The summed E-state index contributed by atoms with van der Waals surface area (Å²) < 4.78 is 0. The first-order valence-corrected chi connectivity index (χ1v) is 5.84. The predicted molar refractivity (Wildman–Crippen MR) is 65.2 cm³/mol. The molecule has 0 radical (unpaired) electrons. The van der Waals surface area contributed by atoms with Crippen LogP contribution in [0.1, 0.15) is 20.8 Å². The summed E-state index contributed by atoms with van der Waals surface area (Å²) in [5.41, 5.74) is -1.34. The Kier molecular flexibility index (Phi) is 6.64. The van der Waals surface area contributed by atoms with E-state index in [-0.39, 0.29) is 32.8 Å². The average Bonchev–Trinajstić information content (AvgIpc) is 2.28. The van der Waals surface area contributed by atoms with Crippen LogP contribution in [0.5, 0.6) is 0 Å². The Bertz CT molecular complexity index is 287. The van der Waals surface area contributed by atoms with Crippen LogP contribution in [0.2, 0.25) is 0 Å². The molecule has 0 aromatic carbocycles. The highest BCUT2D eigenvalue weighted by atomic mass is 16.4. The molecule has 0 fully saturated rings. The molecule has 106 valence electrons. The maximum absolute atomic E-state index is 12.2. The van der Waals surface area contributed by atoms with Crippen molar-refractivity contribution in [3.63, 3.8) is 0 Å². The normalized spacial score (nSPS) is 11.2. The molecule has 0 unspecified atom stereocenters. The highest BCUT2D eigenvalue weighted by Gasteiger charge is 2.38. The number of nitrogens with zero attached hydrogens (tertiary/aromatic N) is 2. The summed E-state index contributed by atoms with van der Waals surface area (Å²) in [5, 5.41) is 26.9. The Morgan fingerprint density at radius 2 is 1.56 bits per heavy atom. The van der Waals surface area contributed by atoms with Crippen molar-refractivity contribution >= 4 is 12.0 Å². The van der Waals surface area contributed by atoms with E-state index >= 15 is 0 Å². The molecular weight excluding hydrogens is 240 g/mol. The van der Waals surface area contributed by atoms with Crippen molar-refractivity contribution in [2.75, 3.05) is 32.8 Å². The molecule has 0 bridgehead atoms. The molecule has 0 heterocycles. The lowest BCUT2D eigenvalue weighted by Gasteiger charge is -2.37. The zero-order chi connectivity index (χ0) is 14.3. The zero-order valence-corrected chi connectivity index (χ0v) is 11.1. The van der Waals surface area contributed by atoms with E-state index in [0.717, 1.165) is 0 Å². The van der Waals surface area contributed by atoms with Crippen molar-refractivity contribution < 1.29 is 24.9 Å². The number of urea groups is 1. The van der Waals surface area contributed by atoms with E-state index in [0.29, 0.717) is 0 Å². The van der Waals surface area contributed by atoms with E-state index < -0.39 is 17.5 Å². The molecule has 0 aliphatic heterocycles. The number of likely N-dealkylation sites (N-methyl/N-ethyl adjacent to an activating group) is 1. The van der Waals surface area contributed by atoms with Gasteiger partial charge >= 0.3 is 12.0 Å². The van der Waals surface area contributed by atoms with Crippen molar-refractivity contribution in [3.05, 3.63) is 0 Å². The minimum absolute atomic E-state index is 0.0611.